The summed E-state index contributed by atoms with van der Waals surface area (Å²) in [4.78, 5) is 23.8. The molecule has 27 heavy (non-hydrogen) atoms. The summed E-state index contributed by atoms with van der Waals surface area (Å²) in [6.45, 7) is 7.14. The first kappa shape index (κ1) is 20.8. The van der Waals surface area contributed by atoms with E-state index in [2.05, 4.69) is 5.32 Å². The molecule has 0 aliphatic heterocycles. The maximum atomic E-state index is 11.9. The summed E-state index contributed by atoms with van der Waals surface area (Å²) in [6, 6.07) is 11.0. The number of anilines is 1. The smallest absolute Gasteiger partial charge is 0.344 e. The van der Waals surface area contributed by atoms with Gasteiger partial charge in [-0.05, 0) is 54.7 Å². The van der Waals surface area contributed by atoms with E-state index in [1.165, 1.54) is 0 Å². The SMILES string of the molecule is Cc1cc(OCC(=O)OCC(=O)Nc2ccccc2C)c(C(C)C)cc1Cl. The summed E-state index contributed by atoms with van der Waals surface area (Å²) in [5.41, 5.74) is 3.39. The van der Waals surface area contributed by atoms with Crippen LogP contribution in [0.3, 0.4) is 0 Å². The van der Waals surface area contributed by atoms with Crippen molar-refractivity contribution >= 4 is 29.2 Å². The quantitative estimate of drug-likeness (QED) is 0.700. The van der Waals surface area contributed by atoms with E-state index >= 15 is 0 Å². The van der Waals surface area contributed by atoms with Gasteiger partial charge in [0.15, 0.2) is 13.2 Å². The van der Waals surface area contributed by atoms with E-state index in [-0.39, 0.29) is 19.1 Å². The monoisotopic (exact) mass is 389 g/mol. The van der Waals surface area contributed by atoms with Crippen molar-refractivity contribution < 1.29 is 19.1 Å². The van der Waals surface area contributed by atoms with E-state index in [1.54, 1.807) is 12.1 Å². The van der Waals surface area contributed by atoms with Gasteiger partial charge < -0.3 is 14.8 Å². The third-order valence-corrected chi connectivity index (χ3v) is 4.45. The third-order valence-electron chi connectivity index (χ3n) is 4.04. The number of aryl methyl sites for hydroxylation is 2. The Morgan fingerprint density at radius 3 is 2.44 bits per heavy atom. The van der Waals surface area contributed by atoms with E-state index in [0.29, 0.717) is 16.5 Å². The van der Waals surface area contributed by atoms with Gasteiger partial charge in [-0.25, -0.2) is 4.79 Å². The molecule has 0 fully saturated rings. The third kappa shape index (κ3) is 6.00. The van der Waals surface area contributed by atoms with Gasteiger partial charge in [0.1, 0.15) is 5.75 Å². The van der Waals surface area contributed by atoms with E-state index < -0.39 is 11.9 Å². The van der Waals surface area contributed by atoms with Crippen LogP contribution < -0.4 is 10.1 Å². The largest absolute Gasteiger partial charge is 0.482 e. The second kappa shape index (κ2) is 9.42. The Morgan fingerprint density at radius 2 is 1.78 bits per heavy atom. The first-order chi connectivity index (χ1) is 12.8. The highest BCUT2D eigenvalue weighted by molar-refractivity contribution is 6.31. The predicted molar refractivity (Wildman–Crippen MR) is 107 cm³/mol. The lowest BCUT2D eigenvalue weighted by Crippen LogP contribution is -2.24. The number of carbonyl (C=O) groups excluding carboxylic acids is 2. The standard InChI is InChI=1S/C21H24ClNO4/c1-13(2)16-10-17(22)15(4)9-19(16)26-12-21(25)27-11-20(24)23-18-8-6-5-7-14(18)3/h5-10,13H,11-12H2,1-4H3,(H,23,24). The fourth-order valence-corrected chi connectivity index (χ4v) is 2.64. The Hall–Kier alpha value is -2.53. The molecule has 0 aliphatic carbocycles. The molecule has 0 bridgehead atoms. The first-order valence-corrected chi connectivity index (χ1v) is 9.09. The topological polar surface area (TPSA) is 64.6 Å². The number of esters is 1. The zero-order valence-electron chi connectivity index (χ0n) is 16.0. The molecule has 2 aromatic carbocycles. The predicted octanol–water partition coefficient (Wildman–Crippen LogP) is 4.64. The van der Waals surface area contributed by atoms with Crippen LogP contribution in [0.2, 0.25) is 5.02 Å². The van der Waals surface area contributed by atoms with Crippen LogP contribution in [-0.2, 0) is 14.3 Å². The van der Waals surface area contributed by atoms with Crippen molar-refractivity contribution in [3.63, 3.8) is 0 Å². The fourth-order valence-electron chi connectivity index (χ4n) is 2.47. The molecule has 6 heteroatoms. The van der Waals surface area contributed by atoms with Crippen molar-refractivity contribution in [1.82, 2.24) is 0 Å². The number of halogens is 1. The molecule has 2 aromatic rings. The summed E-state index contributed by atoms with van der Waals surface area (Å²) in [7, 11) is 0. The van der Waals surface area contributed by atoms with Gasteiger partial charge in [-0.3, -0.25) is 4.79 Å². The first-order valence-electron chi connectivity index (χ1n) is 8.72. The number of nitrogens with one attached hydrogen (secondary N) is 1. The molecule has 1 N–H and O–H groups in total. The van der Waals surface area contributed by atoms with Gasteiger partial charge in [0, 0.05) is 10.7 Å². The second-order valence-corrected chi connectivity index (χ2v) is 7.01. The molecule has 0 radical (unpaired) electrons. The van der Waals surface area contributed by atoms with Crippen LogP contribution in [-0.4, -0.2) is 25.1 Å². The summed E-state index contributed by atoms with van der Waals surface area (Å²) in [5.74, 6) is -0.234. The molecule has 0 saturated carbocycles. The Balaban J connectivity index is 1.87. The van der Waals surface area contributed by atoms with Crippen molar-refractivity contribution in [2.45, 2.75) is 33.6 Å². The van der Waals surface area contributed by atoms with Crippen molar-refractivity contribution in [3.05, 3.63) is 58.1 Å². The number of amides is 1. The molecule has 0 saturated heterocycles. The summed E-state index contributed by atoms with van der Waals surface area (Å²) in [5, 5.41) is 3.36. The van der Waals surface area contributed by atoms with Crippen molar-refractivity contribution in [3.8, 4) is 5.75 Å². The molecular formula is C21H24ClNO4. The number of ether oxygens (including phenoxy) is 2. The van der Waals surface area contributed by atoms with E-state index in [4.69, 9.17) is 21.1 Å². The maximum Gasteiger partial charge on any atom is 0.344 e. The van der Waals surface area contributed by atoms with Gasteiger partial charge in [0.25, 0.3) is 5.91 Å². The van der Waals surface area contributed by atoms with Crippen molar-refractivity contribution in [2.24, 2.45) is 0 Å². The van der Waals surface area contributed by atoms with Gasteiger partial charge in [-0.2, -0.15) is 0 Å². The number of hydrogen-bond donors (Lipinski definition) is 1. The Bertz CT molecular complexity index is 833. The molecule has 0 heterocycles. The number of benzene rings is 2. The lowest BCUT2D eigenvalue weighted by molar-refractivity contribution is -0.149. The van der Waals surface area contributed by atoms with Crippen LogP contribution in [0, 0.1) is 13.8 Å². The molecule has 0 atom stereocenters. The number of carbonyl (C=O) groups is 2. The molecule has 1 amide bonds. The molecule has 0 spiro atoms. The van der Waals surface area contributed by atoms with Gasteiger partial charge in [0.05, 0.1) is 0 Å². The number of hydrogen-bond acceptors (Lipinski definition) is 4. The van der Waals surface area contributed by atoms with E-state index in [9.17, 15) is 9.59 Å². The summed E-state index contributed by atoms with van der Waals surface area (Å²) in [6.07, 6.45) is 0. The molecule has 0 unspecified atom stereocenters. The molecule has 144 valence electrons. The van der Waals surface area contributed by atoms with E-state index in [1.807, 2.05) is 52.0 Å². The zero-order valence-corrected chi connectivity index (χ0v) is 16.7. The van der Waals surface area contributed by atoms with Crippen LogP contribution in [0.1, 0.15) is 36.5 Å². The fraction of sp³-hybridized carbons (Fsp3) is 0.333. The van der Waals surface area contributed by atoms with Gasteiger partial charge in [0.2, 0.25) is 0 Å². The number of para-hydroxylation sites is 1. The Labute approximate surface area is 164 Å². The van der Waals surface area contributed by atoms with Crippen LogP contribution in [0.15, 0.2) is 36.4 Å². The lowest BCUT2D eigenvalue weighted by Gasteiger charge is -2.15. The van der Waals surface area contributed by atoms with Crippen LogP contribution in [0.25, 0.3) is 0 Å². The zero-order chi connectivity index (χ0) is 20.0. The summed E-state index contributed by atoms with van der Waals surface area (Å²) >= 11 is 6.16. The molecule has 0 aromatic heterocycles. The highest BCUT2D eigenvalue weighted by Gasteiger charge is 2.14. The lowest BCUT2D eigenvalue weighted by atomic mass is 10.0. The van der Waals surface area contributed by atoms with E-state index in [0.717, 1.165) is 16.7 Å². The number of rotatable bonds is 7. The van der Waals surface area contributed by atoms with Crippen LogP contribution >= 0.6 is 11.6 Å². The maximum absolute atomic E-state index is 11.9. The van der Waals surface area contributed by atoms with Crippen molar-refractivity contribution in [1.29, 1.82) is 0 Å². The normalized spacial score (nSPS) is 10.6. The minimum Gasteiger partial charge on any atom is -0.482 e. The second-order valence-electron chi connectivity index (χ2n) is 6.61. The van der Waals surface area contributed by atoms with Gasteiger partial charge >= 0.3 is 5.97 Å². The minimum absolute atomic E-state index is 0.189. The average molecular weight is 390 g/mol. The van der Waals surface area contributed by atoms with Crippen molar-refractivity contribution in [2.75, 3.05) is 18.5 Å². The van der Waals surface area contributed by atoms with Gasteiger partial charge in [-0.15, -0.1) is 0 Å². The molecular weight excluding hydrogens is 366 g/mol. The average Bonchev–Trinajstić information content (AvgIpc) is 2.62. The van der Waals surface area contributed by atoms with Crippen LogP contribution in [0.4, 0.5) is 5.69 Å². The summed E-state index contributed by atoms with van der Waals surface area (Å²) < 4.78 is 10.6. The minimum atomic E-state index is -0.614. The van der Waals surface area contributed by atoms with Crippen LogP contribution in [0.5, 0.6) is 5.75 Å². The molecule has 2 rings (SSSR count). The highest BCUT2D eigenvalue weighted by Crippen LogP contribution is 2.32. The highest BCUT2D eigenvalue weighted by atomic mass is 35.5. The molecule has 5 nitrogen and oxygen atoms in total. The Kier molecular flexibility index (Phi) is 7.25. The molecule has 0 aliphatic rings. The Morgan fingerprint density at radius 1 is 1.07 bits per heavy atom. The van der Waals surface area contributed by atoms with Gasteiger partial charge in [-0.1, -0.05) is 43.6 Å².